The van der Waals surface area contributed by atoms with Gasteiger partial charge in [0.2, 0.25) is 17.7 Å². The lowest BCUT2D eigenvalue weighted by atomic mass is 9.94. The molecule has 3 amide bonds. The number of rotatable bonds is 3. The fourth-order valence-electron chi connectivity index (χ4n) is 4.41. The van der Waals surface area contributed by atoms with Crippen LogP contribution in [0, 0.1) is 11.8 Å². The number of carbonyl (C=O) groups excluding carboxylic acids is 3. The van der Waals surface area contributed by atoms with E-state index in [4.69, 9.17) is 16.3 Å². The maximum atomic E-state index is 13.0. The number of benzene rings is 1. The van der Waals surface area contributed by atoms with E-state index in [0.29, 0.717) is 63.8 Å². The third kappa shape index (κ3) is 4.41. The average molecular weight is 420 g/mol. The number of carbonyl (C=O) groups is 3. The first-order valence-electron chi connectivity index (χ1n) is 10.2. The van der Waals surface area contributed by atoms with Crippen LogP contribution in [-0.4, -0.2) is 73.5 Å². The number of anilines is 1. The summed E-state index contributed by atoms with van der Waals surface area (Å²) in [6, 6.07) is 7.14. The van der Waals surface area contributed by atoms with Crippen LogP contribution in [0.4, 0.5) is 5.69 Å². The van der Waals surface area contributed by atoms with Crippen LogP contribution in [0.15, 0.2) is 24.3 Å². The van der Waals surface area contributed by atoms with Gasteiger partial charge in [-0.2, -0.15) is 0 Å². The van der Waals surface area contributed by atoms with Gasteiger partial charge < -0.3 is 19.4 Å². The van der Waals surface area contributed by atoms with E-state index >= 15 is 0 Å². The highest BCUT2D eigenvalue weighted by molar-refractivity contribution is 6.31. The molecule has 3 fully saturated rings. The van der Waals surface area contributed by atoms with Gasteiger partial charge in [0.25, 0.3) is 0 Å². The number of nitrogens with zero attached hydrogens (tertiary/aromatic N) is 3. The van der Waals surface area contributed by atoms with Gasteiger partial charge in [-0.05, 0) is 31.0 Å². The Morgan fingerprint density at radius 3 is 2.31 bits per heavy atom. The summed E-state index contributed by atoms with van der Waals surface area (Å²) in [6.07, 6.45) is 1.58. The molecule has 4 rings (SSSR count). The van der Waals surface area contributed by atoms with E-state index in [2.05, 4.69) is 0 Å². The molecule has 7 nitrogen and oxygen atoms in total. The molecule has 1 aromatic rings. The third-order valence-corrected chi connectivity index (χ3v) is 6.31. The zero-order valence-corrected chi connectivity index (χ0v) is 17.1. The predicted octanol–water partition coefficient (Wildman–Crippen LogP) is 1.79. The molecule has 0 N–H and O–H groups in total. The topological polar surface area (TPSA) is 70.2 Å². The Kier molecular flexibility index (Phi) is 6.06. The Balaban J connectivity index is 1.32. The second kappa shape index (κ2) is 8.71. The predicted molar refractivity (Wildman–Crippen MR) is 109 cm³/mol. The first kappa shape index (κ1) is 20.2. The van der Waals surface area contributed by atoms with Crippen molar-refractivity contribution < 1.29 is 19.1 Å². The fraction of sp³-hybridized carbons (Fsp3) is 0.571. The molecule has 3 aliphatic rings. The van der Waals surface area contributed by atoms with Crippen molar-refractivity contribution in [2.75, 3.05) is 50.8 Å². The number of ether oxygens (including phenoxy) is 1. The molecule has 1 aromatic carbocycles. The minimum absolute atomic E-state index is 0.0140. The Morgan fingerprint density at radius 2 is 1.62 bits per heavy atom. The van der Waals surface area contributed by atoms with E-state index < -0.39 is 0 Å². The second-order valence-corrected chi connectivity index (χ2v) is 8.36. The summed E-state index contributed by atoms with van der Waals surface area (Å²) in [5.74, 6) is -0.218. The highest BCUT2D eigenvalue weighted by atomic mass is 35.5. The molecular formula is C21H26ClN3O4. The van der Waals surface area contributed by atoms with Crippen molar-refractivity contribution in [3.05, 3.63) is 29.3 Å². The summed E-state index contributed by atoms with van der Waals surface area (Å²) in [4.78, 5) is 43.4. The third-order valence-electron chi connectivity index (χ3n) is 6.07. The quantitative estimate of drug-likeness (QED) is 0.749. The number of hydrogen-bond acceptors (Lipinski definition) is 4. The van der Waals surface area contributed by atoms with E-state index in [1.807, 2.05) is 15.9 Å². The molecule has 8 heteroatoms. The van der Waals surface area contributed by atoms with Gasteiger partial charge in [-0.3, -0.25) is 14.4 Å². The monoisotopic (exact) mass is 419 g/mol. The zero-order valence-electron chi connectivity index (χ0n) is 16.4. The van der Waals surface area contributed by atoms with Crippen LogP contribution in [-0.2, 0) is 19.1 Å². The van der Waals surface area contributed by atoms with Crippen LogP contribution in [0.5, 0.6) is 0 Å². The lowest BCUT2D eigenvalue weighted by Gasteiger charge is -2.36. The van der Waals surface area contributed by atoms with E-state index in [-0.39, 0.29) is 36.0 Å². The smallest absolute Gasteiger partial charge is 0.228 e. The molecule has 3 aliphatic heterocycles. The normalized spacial score (nSPS) is 23.6. The van der Waals surface area contributed by atoms with Gasteiger partial charge in [-0.25, -0.2) is 0 Å². The first-order chi connectivity index (χ1) is 14.0. The van der Waals surface area contributed by atoms with Gasteiger partial charge in [-0.15, -0.1) is 0 Å². The lowest BCUT2D eigenvalue weighted by Crippen LogP contribution is -2.48. The van der Waals surface area contributed by atoms with Crippen LogP contribution >= 0.6 is 11.6 Å². The number of halogens is 1. The van der Waals surface area contributed by atoms with Gasteiger partial charge in [0, 0.05) is 55.8 Å². The Hall–Kier alpha value is -2.12. The van der Waals surface area contributed by atoms with E-state index in [1.165, 1.54) is 0 Å². The zero-order chi connectivity index (χ0) is 20.4. The number of likely N-dealkylation sites (tertiary alicyclic amines) is 1. The largest absolute Gasteiger partial charge is 0.378 e. The number of hydrogen-bond donors (Lipinski definition) is 0. The van der Waals surface area contributed by atoms with Crippen molar-refractivity contribution in [1.82, 2.24) is 9.80 Å². The number of morpholine rings is 1. The van der Waals surface area contributed by atoms with Gasteiger partial charge in [0.1, 0.15) is 0 Å². The fourth-order valence-corrected chi connectivity index (χ4v) is 4.60. The molecule has 0 bridgehead atoms. The minimum Gasteiger partial charge on any atom is -0.378 e. The van der Waals surface area contributed by atoms with Crippen LogP contribution in [0.25, 0.3) is 0 Å². The number of piperidine rings is 1. The van der Waals surface area contributed by atoms with Crippen molar-refractivity contribution >= 4 is 35.0 Å². The molecule has 1 unspecified atom stereocenters. The van der Waals surface area contributed by atoms with E-state index in [1.54, 1.807) is 23.1 Å². The maximum Gasteiger partial charge on any atom is 0.228 e. The van der Waals surface area contributed by atoms with Crippen LogP contribution in [0.3, 0.4) is 0 Å². The summed E-state index contributed by atoms with van der Waals surface area (Å²) in [5.41, 5.74) is 0.729. The summed E-state index contributed by atoms with van der Waals surface area (Å²) in [7, 11) is 0. The van der Waals surface area contributed by atoms with Crippen LogP contribution in [0.2, 0.25) is 5.02 Å². The molecule has 3 heterocycles. The maximum absolute atomic E-state index is 13.0. The Morgan fingerprint density at radius 1 is 0.966 bits per heavy atom. The molecule has 0 radical (unpaired) electrons. The average Bonchev–Trinajstić information content (AvgIpc) is 3.15. The molecule has 0 spiro atoms. The molecular weight excluding hydrogens is 394 g/mol. The van der Waals surface area contributed by atoms with Gasteiger partial charge in [-0.1, -0.05) is 17.7 Å². The Labute approximate surface area is 175 Å². The summed E-state index contributed by atoms with van der Waals surface area (Å²) in [6.45, 7) is 4.03. The molecule has 0 saturated carbocycles. The molecule has 0 aliphatic carbocycles. The minimum atomic E-state index is -0.340. The molecule has 3 saturated heterocycles. The molecule has 0 aromatic heterocycles. The Bertz CT molecular complexity index is 788. The highest BCUT2D eigenvalue weighted by Gasteiger charge is 2.39. The van der Waals surface area contributed by atoms with Crippen molar-refractivity contribution in [3.8, 4) is 0 Å². The van der Waals surface area contributed by atoms with E-state index in [9.17, 15) is 14.4 Å². The number of amides is 3. The molecule has 156 valence electrons. The summed E-state index contributed by atoms with van der Waals surface area (Å²) in [5, 5.41) is 0.567. The van der Waals surface area contributed by atoms with Gasteiger partial charge in [0.15, 0.2) is 0 Å². The van der Waals surface area contributed by atoms with Crippen LogP contribution in [0.1, 0.15) is 19.3 Å². The summed E-state index contributed by atoms with van der Waals surface area (Å²) >= 11 is 6.04. The van der Waals surface area contributed by atoms with Crippen molar-refractivity contribution in [2.45, 2.75) is 19.3 Å². The van der Waals surface area contributed by atoms with Crippen LogP contribution < -0.4 is 4.90 Å². The SMILES string of the molecule is O=C(C1CCN(C(=O)C2CC(=O)N(c3cccc(Cl)c3)C2)CC1)N1CCOCC1. The molecule has 29 heavy (non-hydrogen) atoms. The highest BCUT2D eigenvalue weighted by Crippen LogP contribution is 2.29. The summed E-state index contributed by atoms with van der Waals surface area (Å²) < 4.78 is 5.31. The standard InChI is InChI=1S/C21H26ClN3O4/c22-17-2-1-3-18(13-17)25-14-16(12-19(25)26)21(28)23-6-4-15(5-7-23)20(27)24-8-10-29-11-9-24/h1-3,13,15-16H,4-12,14H2. The van der Waals surface area contributed by atoms with Gasteiger partial charge >= 0.3 is 0 Å². The van der Waals surface area contributed by atoms with Crippen molar-refractivity contribution in [1.29, 1.82) is 0 Å². The van der Waals surface area contributed by atoms with Crippen molar-refractivity contribution in [3.63, 3.8) is 0 Å². The first-order valence-corrected chi connectivity index (χ1v) is 10.6. The lowest BCUT2D eigenvalue weighted by molar-refractivity contribution is -0.144. The van der Waals surface area contributed by atoms with Gasteiger partial charge in [0.05, 0.1) is 19.1 Å². The van der Waals surface area contributed by atoms with Crippen molar-refractivity contribution in [2.24, 2.45) is 11.8 Å². The second-order valence-electron chi connectivity index (χ2n) is 7.92. The molecule has 1 atom stereocenters. The van der Waals surface area contributed by atoms with E-state index in [0.717, 1.165) is 5.69 Å².